The number of anilines is 1. The number of nitrogens with one attached hydrogen (secondary N) is 1. The lowest BCUT2D eigenvalue weighted by atomic mass is 9.66. The van der Waals surface area contributed by atoms with Gasteiger partial charge in [0.05, 0.1) is 6.54 Å². The molecule has 0 saturated carbocycles. The van der Waals surface area contributed by atoms with Crippen LogP contribution in [0.5, 0.6) is 0 Å². The van der Waals surface area contributed by atoms with Crippen LogP contribution in [0.15, 0.2) is 147 Å². The van der Waals surface area contributed by atoms with Crippen LogP contribution in [-0.2, 0) is 6.42 Å². The van der Waals surface area contributed by atoms with Gasteiger partial charge in [0.25, 0.3) is 0 Å². The fourth-order valence-electron chi connectivity index (χ4n) is 10.8. The molecule has 0 spiro atoms. The number of allylic oxidation sites excluding steroid dienone is 18. The van der Waals surface area contributed by atoms with Gasteiger partial charge in [-0.05, 0) is 171 Å². The van der Waals surface area contributed by atoms with E-state index in [-0.39, 0.29) is 0 Å². The molecular weight excluding hydrogens is 641 g/mol. The summed E-state index contributed by atoms with van der Waals surface area (Å²) in [6, 6.07) is 9.02. The van der Waals surface area contributed by atoms with Gasteiger partial charge in [0.2, 0.25) is 0 Å². The van der Waals surface area contributed by atoms with Crippen LogP contribution >= 0.6 is 0 Å². The Balaban J connectivity index is 0.987. The average Bonchev–Trinajstić information content (AvgIpc) is 3.77. The first-order valence-electron chi connectivity index (χ1n) is 21.4. The SMILES string of the molecule is CCCc1ccccc1NCC(C/C=C(\C)C1CCC(C2=CC=C(C3=CC=NC3)CC2)=C2C=CCCC21)[C@H]1C=CC(C2C=C3C=CC=CC3CC2)CC1. The molecule has 0 aromatic heterocycles. The summed E-state index contributed by atoms with van der Waals surface area (Å²) in [4.78, 5) is 4.43. The lowest BCUT2D eigenvalue weighted by Gasteiger charge is -2.38. The van der Waals surface area contributed by atoms with Gasteiger partial charge in [-0.1, -0.05) is 110 Å². The summed E-state index contributed by atoms with van der Waals surface area (Å²) in [5, 5.41) is 3.99. The second-order valence-electron chi connectivity index (χ2n) is 17.0. The Kier molecular flexibility index (Phi) is 11.6. The number of hydrogen-bond donors (Lipinski definition) is 1. The van der Waals surface area contributed by atoms with Crippen molar-refractivity contribution in [3.8, 4) is 0 Å². The number of rotatable bonds is 12. The maximum Gasteiger partial charge on any atom is 0.0642 e. The first-order valence-corrected chi connectivity index (χ1v) is 21.4. The minimum absolute atomic E-state index is 0.589. The largest absolute Gasteiger partial charge is 0.385 e. The fourth-order valence-corrected chi connectivity index (χ4v) is 10.8. The van der Waals surface area contributed by atoms with Crippen molar-refractivity contribution in [3.05, 3.63) is 148 Å². The van der Waals surface area contributed by atoms with Gasteiger partial charge in [0.15, 0.2) is 0 Å². The smallest absolute Gasteiger partial charge is 0.0642 e. The van der Waals surface area contributed by atoms with E-state index in [1.807, 2.05) is 6.21 Å². The molecule has 0 bridgehead atoms. The van der Waals surface area contributed by atoms with Gasteiger partial charge in [-0.3, -0.25) is 4.99 Å². The van der Waals surface area contributed by atoms with Crippen LogP contribution in [0.2, 0.25) is 0 Å². The zero-order valence-electron chi connectivity index (χ0n) is 32.5. The lowest BCUT2D eigenvalue weighted by molar-refractivity contribution is 0.299. The number of para-hydroxylation sites is 1. The standard InChI is InChI=1S/C51H62N2/c1-3-10-42-12-6-9-16-51(42)53-35-45(39-21-19-38(20-22-39)44-28-25-37-11-4-5-13-43(37)33-44)18-17-36(2)47-29-30-48(50-15-8-7-14-49(47)50)41-26-23-40(24-27-41)46-31-32-52-34-46/h4-6,8-9,11-13,15-17,19,21,23,26,31-33,37-39,44-45,47,49,53H,3,7,10,14,18,20,22,24-25,27-30,34-35H2,1-2H3/b36-17+/t37?,38?,39-,44?,45?,47?,49?/m0/s1. The van der Waals surface area contributed by atoms with Crippen molar-refractivity contribution >= 4 is 11.9 Å². The summed E-state index contributed by atoms with van der Waals surface area (Å²) < 4.78 is 0. The van der Waals surface area contributed by atoms with Crippen LogP contribution in [0.3, 0.4) is 0 Å². The Morgan fingerprint density at radius 2 is 1.75 bits per heavy atom. The van der Waals surface area contributed by atoms with E-state index >= 15 is 0 Å². The van der Waals surface area contributed by atoms with E-state index < -0.39 is 0 Å². The van der Waals surface area contributed by atoms with E-state index in [0.29, 0.717) is 41.4 Å². The number of benzene rings is 1. The van der Waals surface area contributed by atoms with Gasteiger partial charge in [-0.2, -0.15) is 0 Å². The van der Waals surface area contributed by atoms with Crippen molar-refractivity contribution in [2.75, 3.05) is 18.4 Å². The maximum atomic E-state index is 4.43. The van der Waals surface area contributed by atoms with Crippen molar-refractivity contribution in [1.29, 1.82) is 0 Å². The van der Waals surface area contributed by atoms with E-state index in [4.69, 9.17) is 0 Å². The molecule has 0 fully saturated rings. The number of hydrogen-bond acceptors (Lipinski definition) is 2. The Bertz CT molecular complexity index is 1840. The van der Waals surface area contributed by atoms with Crippen molar-refractivity contribution < 1.29 is 0 Å². The molecular formula is C51H62N2. The monoisotopic (exact) mass is 702 g/mol. The van der Waals surface area contributed by atoms with Crippen LogP contribution in [0.25, 0.3) is 0 Å². The highest BCUT2D eigenvalue weighted by atomic mass is 14.9. The van der Waals surface area contributed by atoms with Gasteiger partial charge in [-0.15, -0.1) is 0 Å². The quantitative estimate of drug-likeness (QED) is 0.215. The molecule has 53 heavy (non-hydrogen) atoms. The van der Waals surface area contributed by atoms with E-state index in [0.717, 1.165) is 32.4 Å². The molecule has 0 amide bonds. The van der Waals surface area contributed by atoms with Crippen molar-refractivity contribution in [1.82, 2.24) is 0 Å². The summed E-state index contributed by atoms with van der Waals surface area (Å²) in [5.41, 5.74) is 13.8. The highest BCUT2D eigenvalue weighted by molar-refractivity contribution is 5.77. The zero-order chi connectivity index (χ0) is 36.0. The highest BCUT2D eigenvalue weighted by Gasteiger charge is 2.34. The summed E-state index contributed by atoms with van der Waals surface area (Å²) in [6.45, 7) is 6.66. The number of aryl methyl sites for hydroxylation is 1. The number of fused-ring (bicyclic) bond motifs is 2. The second-order valence-corrected chi connectivity index (χ2v) is 17.0. The minimum Gasteiger partial charge on any atom is -0.385 e. The molecule has 1 aliphatic heterocycles. The van der Waals surface area contributed by atoms with E-state index in [2.05, 4.69) is 127 Å². The van der Waals surface area contributed by atoms with Crippen LogP contribution < -0.4 is 5.32 Å². The zero-order valence-corrected chi connectivity index (χ0v) is 32.5. The molecule has 1 aromatic carbocycles. The summed E-state index contributed by atoms with van der Waals surface area (Å²) in [5.74, 6) is 4.55. The molecule has 1 heterocycles. The molecule has 0 saturated heterocycles. The summed E-state index contributed by atoms with van der Waals surface area (Å²) in [7, 11) is 0. The first kappa shape index (κ1) is 36.1. The van der Waals surface area contributed by atoms with Crippen molar-refractivity contribution in [3.63, 3.8) is 0 Å². The van der Waals surface area contributed by atoms with Crippen LogP contribution in [0.4, 0.5) is 5.69 Å². The molecule has 7 aliphatic rings. The first-order chi connectivity index (χ1) is 26.1. The van der Waals surface area contributed by atoms with Crippen molar-refractivity contribution in [2.45, 2.75) is 97.3 Å². The molecule has 8 rings (SSSR count). The molecule has 1 aromatic rings. The van der Waals surface area contributed by atoms with Gasteiger partial charge in [0.1, 0.15) is 0 Å². The number of aliphatic imine (C=N–C) groups is 1. The molecule has 0 radical (unpaired) electrons. The molecule has 2 heteroatoms. The highest BCUT2D eigenvalue weighted by Crippen LogP contribution is 2.48. The normalized spacial score (nSPS) is 30.0. The molecule has 7 atom stereocenters. The van der Waals surface area contributed by atoms with Crippen LogP contribution in [0, 0.1) is 41.4 Å². The molecule has 2 nitrogen and oxygen atoms in total. The van der Waals surface area contributed by atoms with E-state index in [1.165, 1.54) is 86.6 Å². The Labute approximate surface area is 320 Å². The average molecular weight is 703 g/mol. The van der Waals surface area contributed by atoms with Crippen LogP contribution in [0.1, 0.15) is 96.5 Å². The van der Waals surface area contributed by atoms with E-state index in [1.54, 1.807) is 27.9 Å². The van der Waals surface area contributed by atoms with E-state index in [9.17, 15) is 0 Å². The molecule has 6 unspecified atom stereocenters. The van der Waals surface area contributed by atoms with Crippen molar-refractivity contribution in [2.24, 2.45) is 46.4 Å². The summed E-state index contributed by atoms with van der Waals surface area (Å²) in [6.07, 6.45) is 49.9. The predicted octanol–water partition coefficient (Wildman–Crippen LogP) is 13.0. The van der Waals surface area contributed by atoms with Gasteiger partial charge in [0, 0.05) is 24.4 Å². The topological polar surface area (TPSA) is 24.4 Å². The minimum atomic E-state index is 0.589. The Morgan fingerprint density at radius 1 is 0.868 bits per heavy atom. The maximum absolute atomic E-state index is 4.43. The molecule has 6 aliphatic carbocycles. The fraction of sp³-hybridized carbons (Fsp3) is 0.471. The van der Waals surface area contributed by atoms with Gasteiger partial charge >= 0.3 is 0 Å². The summed E-state index contributed by atoms with van der Waals surface area (Å²) >= 11 is 0. The molecule has 276 valence electrons. The third-order valence-corrected chi connectivity index (χ3v) is 13.9. The van der Waals surface area contributed by atoms with Crippen LogP contribution in [-0.4, -0.2) is 19.3 Å². The lowest BCUT2D eigenvalue weighted by Crippen LogP contribution is -2.28. The second kappa shape index (κ2) is 17.0. The van der Waals surface area contributed by atoms with Gasteiger partial charge in [-0.25, -0.2) is 0 Å². The third-order valence-electron chi connectivity index (χ3n) is 13.9. The molecule has 1 N–H and O–H groups in total. The Hall–Kier alpha value is -3.91. The third kappa shape index (κ3) is 8.28. The van der Waals surface area contributed by atoms with Gasteiger partial charge < -0.3 is 5.32 Å². The predicted molar refractivity (Wildman–Crippen MR) is 227 cm³/mol. The number of nitrogens with zero attached hydrogens (tertiary/aromatic N) is 1. The Morgan fingerprint density at radius 3 is 2.58 bits per heavy atom.